The van der Waals surface area contributed by atoms with Crippen LogP contribution in [-0.4, -0.2) is 17.3 Å². The zero-order valence-corrected chi connectivity index (χ0v) is 17.3. The van der Waals surface area contributed by atoms with Gasteiger partial charge in [0.25, 0.3) is 0 Å². The molecule has 1 aliphatic carbocycles. The number of benzene rings is 3. The quantitative estimate of drug-likeness (QED) is 0.489. The number of carbonyl (C=O) groups excluding carboxylic acids is 2. The lowest BCUT2D eigenvalue weighted by Gasteiger charge is -2.35. The number of thioether (sulfide) groups is 1. The van der Waals surface area contributed by atoms with E-state index in [9.17, 15) is 20.1 Å². The van der Waals surface area contributed by atoms with Crippen LogP contribution < -0.4 is 0 Å². The van der Waals surface area contributed by atoms with Crippen molar-refractivity contribution in [2.75, 3.05) is 5.75 Å². The zero-order chi connectivity index (χ0) is 21.5. The Bertz CT molecular complexity index is 1370. The minimum Gasteiger partial charge on any atom is -0.294 e. The first-order valence-corrected chi connectivity index (χ1v) is 11.0. The van der Waals surface area contributed by atoms with E-state index in [2.05, 4.69) is 0 Å². The fourth-order valence-electron chi connectivity index (χ4n) is 4.66. The van der Waals surface area contributed by atoms with Crippen LogP contribution in [0, 0.1) is 34.5 Å². The molecule has 4 nitrogen and oxygen atoms in total. The van der Waals surface area contributed by atoms with Gasteiger partial charge >= 0.3 is 0 Å². The van der Waals surface area contributed by atoms with Crippen molar-refractivity contribution < 1.29 is 9.59 Å². The predicted molar refractivity (Wildman–Crippen MR) is 120 cm³/mol. The summed E-state index contributed by atoms with van der Waals surface area (Å²) < 4.78 is 0. The van der Waals surface area contributed by atoms with Crippen LogP contribution in [-0.2, 0) is 0 Å². The number of allylic oxidation sites excluding steroid dienone is 2. The average Bonchev–Trinajstić information content (AvgIpc) is 2.81. The number of nitriles is 2. The monoisotopic (exact) mass is 420 g/mol. The number of hydrogen-bond donors (Lipinski definition) is 0. The van der Waals surface area contributed by atoms with Gasteiger partial charge in [0.1, 0.15) is 17.7 Å². The largest absolute Gasteiger partial charge is 0.294 e. The molecule has 0 fully saturated rings. The number of nitrogens with zero attached hydrogens (tertiary/aromatic N) is 2. The molecule has 1 heterocycles. The Morgan fingerprint density at radius 2 is 1.48 bits per heavy atom. The van der Waals surface area contributed by atoms with E-state index in [4.69, 9.17) is 0 Å². The van der Waals surface area contributed by atoms with Crippen LogP contribution in [0.15, 0.2) is 71.1 Å². The molecule has 5 rings (SSSR count). The molecule has 0 saturated carbocycles. The van der Waals surface area contributed by atoms with Crippen LogP contribution in [0.2, 0.25) is 0 Å². The first-order valence-electron chi connectivity index (χ1n) is 9.99. The fourth-order valence-corrected chi connectivity index (χ4v) is 5.93. The van der Waals surface area contributed by atoms with Crippen molar-refractivity contribution in [3.63, 3.8) is 0 Å². The SMILES string of the molecule is N#CC(C#N)=C1c2ccccc2SC[C@H]1[C@@H]1CC(=O)c2cc3ccccc3cc2C1=O. The van der Waals surface area contributed by atoms with E-state index in [0.29, 0.717) is 22.5 Å². The summed E-state index contributed by atoms with van der Waals surface area (Å²) in [6.07, 6.45) is 0.0885. The zero-order valence-electron chi connectivity index (χ0n) is 16.5. The Morgan fingerprint density at radius 3 is 2.19 bits per heavy atom. The molecule has 0 saturated heterocycles. The van der Waals surface area contributed by atoms with Crippen molar-refractivity contribution >= 4 is 39.7 Å². The molecular weight excluding hydrogens is 404 g/mol. The van der Waals surface area contributed by atoms with Crippen LogP contribution in [0.5, 0.6) is 0 Å². The summed E-state index contributed by atoms with van der Waals surface area (Å²) in [5.41, 5.74) is 2.33. The van der Waals surface area contributed by atoms with Crippen LogP contribution in [0.1, 0.15) is 32.7 Å². The lowest BCUT2D eigenvalue weighted by molar-refractivity contribution is 0.0801. The maximum Gasteiger partial charge on any atom is 0.167 e. The molecule has 3 aromatic carbocycles. The Balaban J connectivity index is 1.66. The van der Waals surface area contributed by atoms with E-state index >= 15 is 0 Å². The van der Waals surface area contributed by atoms with Gasteiger partial charge in [-0.3, -0.25) is 9.59 Å². The number of rotatable bonds is 1. The molecule has 148 valence electrons. The second-order valence-corrected chi connectivity index (χ2v) is 8.83. The molecule has 0 N–H and O–H groups in total. The third-order valence-corrected chi connectivity index (χ3v) is 7.33. The predicted octanol–water partition coefficient (Wildman–Crippen LogP) is 5.45. The minimum absolute atomic E-state index is 0.0160. The van der Waals surface area contributed by atoms with Gasteiger partial charge < -0.3 is 0 Å². The van der Waals surface area contributed by atoms with Crippen molar-refractivity contribution in [1.82, 2.24) is 0 Å². The second-order valence-electron chi connectivity index (χ2n) is 7.77. The first-order chi connectivity index (χ1) is 15.1. The average molecular weight is 420 g/mol. The van der Waals surface area contributed by atoms with Gasteiger partial charge in [0, 0.05) is 40.0 Å². The Labute approximate surface area is 183 Å². The molecule has 0 bridgehead atoms. The van der Waals surface area contributed by atoms with E-state index in [1.165, 1.54) is 0 Å². The second kappa shape index (κ2) is 7.54. The first kappa shape index (κ1) is 19.3. The topological polar surface area (TPSA) is 81.7 Å². The highest BCUT2D eigenvalue weighted by atomic mass is 32.2. The number of ketones is 2. The van der Waals surface area contributed by atoms with Gasteiger partial charge in [-0.1, -0.05) is 42.5 Å². The van der Waals surface area contributed by atoms with Crippen molar-refractivity contribution in [2.45, 2.75) is 11.3 Å². The van der Waals surface area contributed by atoms with Gasteiger partial charge in [0.05, 0.1) is 0 Å². The van der Waals surface area contributed by atoms with Gasteiger partial charge in [-0.2, -0.15) is 10.5 Å². The standard InChI is InChI=1S/C26H16N2O2S/c27-12-17(13-28)25-18-7-3-4-8-24(18)31-14-22(25)21-11-23(29)19-9-15-5-1-2-6-16(15)10-20(19)26(21)30/h1-10,21-22H,11,14H2/t21-,22-/m0/s1. The number of Topliss-reactive ketones (excluding diaryl/α,β-unsaturated/α-hetero) is 2. The lowest BCUT2D eigenvalue weighted by Crippen LogP contribution is -2.35. The Kier molecular flexibility index (Phi) is 4.70. The molecule has 2 atom stereocenters. The summed E-state index contributed by atoms with van der Waals surface area (Å²) in [6.45, 7) is 0. The van der Waals surface area contributed by atoms with Gasteiger partial charge in [0.2, 0.25) is 0 Å². The molecule has 1 aliphatic heterocycles. The summed E-state index contributed by atoms with van der Waals surface area (Å²) in [5.74, 6) is -0.563. The molecule has 0 radical (unpaired) electrons. The number of hydrogen-bond acceptors (Lipinski definition) is 5. The normalized spacial score (nSPS) is 19.9. The van der Waals surface area contributed by atoms with E-state index in [0.717, 1.165) is 21.2 Å². The smallest absolute Gasteiger partial charge is 0.167 e. The fraction of sp³-hybridized carbons (Fsp3) is 0.154. The van der Waals surface area contributed by atoms with Crippen LogP contribution in [0.4, 0.5) is 0 Å². The van der Waals surface area contributed by atoms with Gasteiger partial charge in [-0.15, -0.1) is 11.8 Å². The molecule has 0 amide bonds. The number of carbonyl (C=O) groups is 2. The highest BCUT2D eigenvalue weighted by Gasteiger charge is 2.42. The summed E-state index contributed by atoms with van der Waals surface area (Å²) in [6, 6.07) is 22.9. The third kappa shape index (κ3) is 3.06. The molecule has 3 aromatic rings. The maximum atomic E-state index is 13.6. The molecule has 0 aromatic heterocycles. The molecule has 2 aliphatic rings. The highest BCUT2D eigenvalue weighted by Crippen LogP contribution is 2.47. The van der Waals surface area contributed by atoms with Crippen molar-refractivity contribution in [3.05, 3.63) is 82.9 Å². The highest BCUT2D eigenvalue weighted by molar-refractivity contribution is 7.99. The molecule has 31 heavy (non-hydrogen) atoms. The molecular formula is C26H16N2O2S. The van der Waals surface area contributed by atoms with Gasteiger partial charge in [-0.25, -0.2) is 0 Å². The molecule has 5 heteroatoms. The summed E-state index contributed by atoms with van der Waals surface area (Å²) in [5, 5.41) is 21.1. The van der Waals surface area contributed by atoms with Crippen molar-refractivity contribution in [1.29, 1.82) is 10.5 Å². The summed E-state index contributed by atoms with van der Waals surface area (Å²) in [7, 11) is 0. The maximum absolute atomic E-state index is 13.6. The van der Waals surface area contributed by atoms with Crippen LogP contribution in [0.25, 0.3) is 16.3 Å². The van der Waals surface area contributed by atoms with Gasteiger partial charge in [0.15, 0.2) is 11.6 Å². The van der Waals surface area contributed by atoms with Crippen molar-refractivity contribution in [2.24, 2.45) is 11.8 Å². The number of fused-ring (bicyclic) bond motifs is 3. The van der Waals surface area contributed by atoms with E-state index in [1.807, 2.05) is 60.7 Å². The Morgan fingerprint density at radius 1 is 0.839 bits per heavy atom. The van der Waals surface area contributed by atoms with E-state index in [-0.39, 0.29) is 29.5 Å². The van der Waals surface area contributed by atoms with Crippen LogP contribution >= 0.6 is 11.8 Å². The Hall–Kier alpha value is -3.67. The van der Waals surface area contributed by atoms with E-state index in [1.54, 1.807) is 23.9 Å². The third-order valence-electron chi connectivity index (χ3n) is 6.14. The van der Waals surface area contributed by atoms with E-state index < -0.39 is 5.92 Å². The van der Waals surface area contributed by atoms with Gasteiger partial charge in [-0.05, 0) is 40.1 Å². The molecule has 0 unspecified atom stereocenters. The molecule has 0 spiro atoms. The summed E-state index contributed by atoms with van der Waals surface area (Å²) >= 11 is 1.60. The van der Waals surface area contributed by atoms with Crippen LogP contribution in [0.3, 0.4) is 0 Å². The lowest BCUT2D eigenvalue weighted by atomic mass is 9.71. The minimum atomic E-state index is -0.589. The summed E-state index contributed by atoms with van der Waals surface area (Å²) in [4.78, 5) is 27.7. The van der Waals surface area contributed by atoms with Crippen molar-refractivity contribution in [3.8, 4) is 12.1 Å².